The molecule has 5 nitrogen and oxygen atoms in total. The van der Waals surface area contributed by atoms with Crippen LogP contribution in [-0.2, 0) is 17.9 Å². The van der Waals surface area contributed by atoms with E-state index in [4.69, 9.17) is 16.3 Å². The van der Waals surface area contributed by atoms with Crippen molar-refractivity contribution in [2.45, 2.75) is 32.4 Å². The molecule has 1 aromatic heterocycles. The highest BCUT2D eigenvalue weighted by Crippen LogP contribution is 2.37. The molecule has 0 saturated carbocycles. The second kappa shape index (κ2) is 8.70. The van der Waals surface area contributed by atoms with Crippen LogP contribution >= 0.6 is 11.6 Å². The second-order valence-corrected chi connectivity index (χ2v) is 8.42. The molecule has 0 spiro atoms. The number of aromatic nitrogens is 1. The normalized spacial score (nSPS) is 16.5. The van der Waals surface area contributed by atoms with Crippen molar-refractivity contribution in [3.8, 4) is 5.75 Å². The largest absolute Gasteiger partial charge is 0.497 e. The van der Waals surface area contributed by atoms with Gasteiger partial charge in [-0.2, -0.15) is 0 Å². The molecular formula is C24H28ClN3O2. The van der Waals surface area contributed by atoms with Crippen molar-refractivity contribution in [2.24, 2.45) is 0 Å². The summed E-state index contributed by atoms with van der Waals surface area (Å²) in [5.41, 5.74) is 4.73. The van der Waals surface area contributed by atoms with E-state index in [1.165, 1.54) is 16.6 Å². The summed E-state index contributed by atoms with van der Waals surface area (Å²) in [7, 11) is 3.58. The second-order valence-electron chi connectivity index (χ2n) is 8.01. The maximum atomic E-state index is 12.3. The summed E-state index contributed by atoms with van der Waals surface area (Å²) in [6.45, 7) is 5.07. The van der Waals surface area contributed by atoms with Crippen LogP contribution in [0.3, 0.4) is 0 Å². The van der Waals surface area contributed by atoms with Crippen molar-refractivity contribution in [3.63, 3.8) is 0 Å². The van der Waals surface area contributed by atoms with Gasteiger partial charge in [-0.05, 0) is 29.3 Å². The molecule has 1 N–H and O–H groups in total. The average Bonchev–Trinajstić information content (AvgIpc) is 3.12. The van der Waals surface area contributed by atoms with Gasteiger partial charge in [0.2, 0.25) is 5.91 Å². The Morgan fingerprint density at radius 2 is 2.10 bits per heavy atom. The first-order valence-electron chi connectivity index (χ1n) is 10.4. The summed E-state index contributed by atoms with van der Waals surface area (Å²) in [6.07, 6.45) is 0.518. The fourth-order valence-electron chi connectivity index (χ4n) is 4.50. The fourth-order valence-corrected chi connectivity index (χ4v) is 4.70. The maximum absolute atomic E-state index is 12.3. The standard InChI is InChI=1S/C24H28ClN3O2/c1-4-23(29)27(2)12-17-14-28(13-16-7-5-6-8-20(16)25)15-22-24(17)19-10-9-18(30-3)11-21(19)26-22/h5-11,17,26H,4,12-15H2,1-3H3. The van der Waals surface area contributed by atoms with Gasteiger partial charge in [-0.15, -0.1) is 0 Å². The van der Waals surface area contributed by atoms with Gasteiger partial charge in [0.1, 0.15) is 5.75 Å². The molecule has 2 heterocycles. The van der Waals surface area contributed by atoms with E-state index in [9.17, 15) is 4.79 Å². The molecular weight excluding hydrogens is 398 g/mol. The number of hydrogen-bond acceptors (Lipinski definition) is 3. The van der Waals surface area contributed by atoms with Gasteiger partial charge in [0.05, 0.1) is 7.11 Å². The first-order chi connectivity index (χ1) is 14.5. The third kappa shape index (κ3) is 4.05. The molecule has 0 fully saturated rings. The van der Waals surface area contributed by atoms with Crippen molar-refractivity contribution in [1.29, 1.82) is 0 Å². The lowest BCUT2D eigenvalue weighted by Crippen LogP contribution is -2.39. The number of nitrogens with zero attached hydrogens (tertiary/aromatic N) is 2. The number of amides is 1. The summed E-state index contributed by atoms with van der Waals surface area (Å²) < 4.78 is 5.41. The van der Waals surface area contributed by atoms with Crippen molar-refractivity contribution in [1.82, 2.24) is 14.8 Å². The molecule has 1 aliphatic heterocycles. The first kappa shape index (κ1) is 20.8. The van der Waals surface area contributed by atoms with Crippen LogP contribution in [0.1, 0.15) is 36.1 Å². The third-order valence-electron chi connectivity index (χ3n) is 5.97. The lowest BCUT2D eigenvalue weighted by atomic mass is 9.91. The summed E-state index contributed by atoms with van der Waals surface area (Å²) in [5, 5.41) is 2.00. The third-order valence-corrected chi connectivity index (χ3v) is 6.34. The monoisotopic (exact) mass is 425 g/mol. The minimum atomic E-state index is 0.168. The number of H-pyrrole nitrogens is 1. The summed E-state index contributed by atoms with van der Waals surface area (Å²) in [5.74, 6) is 1.23. The zero-order valence-corrected chi connectivity index (χ0v) is 18.5. The molecule has 2 aromatic carbocycles. The topological polar surface area (TPSA) is 48.6 Å². The molecule has 0 saturated heterocycles. The molecule has 1 amide bonds. The smallest absolute Gasteiger partial charge is 0.222 e. The molecule has 158 valence electrons. The molecule has 1 aliphatic rings. The number of benzene rings is 2. The Morgan fingerprint density at radius 1 is 1.30 bits per heavy atom. The number of carbonyl (C=O) groups is 1. The highest BCUT2D eigenvalue weighted by atomic mass is 35.5. The number of ether oxygens (including phenoxy) is 1. The summed E-state index contributed by atoms with van der Waals surface area (Å²) >= 11 is 6.42. The minimum absolute atomic E-state index is 0.168. The van der Waals surface area contributed by atoms with Crippen LogP contribution in [-0.4, -0.2) is 47.9 Å². The Hall–Kier alpha value is -2.50. The van der Waals surface area contributed by atoms with Crippen molar-refractivity contribution >= 4 is 28.4 Å². The molecule has 3 aromatic rings. The number of halogens is 1. The molecule has 0 aliphatic carbocycles. The van der Waals surface area contributed by atoms with Crippen LogP contribution in [0, 0.1) is 0 Å². The maximum Gasteiger partial charge on any atom is 0.222 e. The Bertz CT molecular complexity index is 1060. The lowest BCUT2D eigenvalue weighted by Gasteiger charge is -2.35. The van der Waals surface area contributed by atoms with E-state index in [0.717, 1.165) is 41.5 Å². The number of aromatic amines is 1. The number of hydrogen-bond donors (Lipinski definition) is 1. The fraction of sp³-hybridized carbons (Fsp3) is 0.375. The van der Waals surface area contributed by atoms with Crippen LogP contribution in [0.5, 0.6) is 5.75 Å². The number of methoxy groups -OCH3 is 1. The number of nitrogens with one attached hydrogen (secondary N) is 1. The van der Waals surface area contributed by atoms with Crippen LogP contribution in [0.25, 0.3) is 10.9 Å². The molecule has 1 atom stereocenters. The molecule has 1 unspecified atom stereocenters. The van der Waals surface area contributed by atoms with Crippen molar-refractivity contribution in [2.75, 3.05) is 27.2 Å². The molecule has 0 radical (unpaired) electrons. The van der Waals surface area contributed by atoms with Crippen molar-refractivity contribution in [3.05, 3.63) is 64.3 Å². The number of likely N-dealkylation sites (N-methyl/N-ethyl adjacent to an activating group) is 1. The molecule has 6 heteroatoms. The van der Waals surface area contributed by atoms with E-state index in [2.05, 4.69) is 22.0 Å². The van der Waals surface area contributed by atoms with Gasteiger partial charge in [0, 0.05) is 73.3 Å². The van der Waals surface area contributed by atoms with Gasteiger partial charge >= 0.3 is 0 Å². The zero-order chi connectivity index (χ0) is 21.3. The molecule has 0 bridgehead atoms. The quantitative estimate of drug-likeness (QED) is 0.617. The Balaban J connectivity index is 1.70. The predicted octanol–water partition coefficient (Wildman–Crippen LogP) is 4.80. The summed E-state index contributed by atoms with van der Waals surface area (Å²) in [6, 6.07) is 14.2. The predicted molar refractivity (Wildman–Crippen MR) is 121 cm³/mol. The van der Waals surface area contributed by atoms with Crippen LogP contribution in [0.15, 0.2) is 42.5 Å². The minimum Gasteiger partial charge on any atom is -0.497 e. The first-order valence-corrected chi connectivity index (χ1v) is 10.8. The average molecular weight is 426 g/mol. The van der Waals surface area contributed by atoms with Gasteiger partial charge in [-0.25, -0.2) is 0 Å². The molecule has 4 rings (SSSR count). The van der Waals surface area contributed by atoms with Crippen LogP contribution < -0.4 is 4.74 Å². The Kier molecular flexibility index (Phi) is 6.02. The highest BCUT2D eigenvalue weighted by molar-refractivity contribution is 6.31. The van der Waals surface area contributed by atoms with Crippen LogP contribution in [0.4, 0.5) is 0 Å². The Labute approximate surface area is 182 Å². The SMILES string of the molecule is CCC(=O)N(C)CC1CN(Cc2ccccc2Cl)Cc2[nH]c3cc(OC)ccc3c21. The van der Waals surface area contributed by atoms with Gasteiger partial charge in [0.15, 0.2) is 0 Å². The van der Waals surface area contributed by atoms with Gasteiger partial charge in [-0.3, -0.25) is 9.69 Å². The number of carbonyl (C=O) groups excluding carboxylic acids is 1. The number of rotatable bonds is 6. The van der Waals surface area contributed by atoms with E-state index in [1.807, 2.05) is 49.2 Å². The van der Waals surface area contributed by atoms with Gasteiger partial charge < -0.3 is 14.6 Å². The van der Waals surface area contributed by atoms with Crippen LogP contribution in [0.2, 0.25) is 5.02 Å². The van der Waals surface area contributed by atoms with E-state index in [0.29, 0.717) is 13.0 Å². The Morgan fingerprint density at radius 3 is 2.83 bits per heavy atom. The zero-order valence-electron chi connectivity index (χ0n) is 17.7. The van der Waals surface area contributed by atoms with E-state index in [-0.39, 0.29) is 11.8 Å². The summed E-state index contributed by atoms with van der Waals surface area (Å²) in [4.78, 5) is 20.1. The lowest BCUT2D eigenvalue weighted by molar-refractivity contribution is -0.129. The van der Waals surface area contributed by atoms with E-state index in [1.54, 1.807) is 7.11 Å². The van der Waals surface area contributed by atoms with Gasteiger partial charge in [0.25, 0.3) is 0 Å². The highest BCUT2D eigenvalue weighted by Gasteiger charge is 2.30. The van der Waals surface area contributed by atoms with Crippen molar-refractivity contribution < 1.29 is 9.53 Å². The number of fused-ring (bicyclic) bond motifs is 3. The molecule has 30 heavy (non-hydrogen) atoms. The van der Waals surface area contributed by atoms with Gasteiger partial charge in [-0.1, -0.05) is 36.7 Å². The van der Waals surface area contributed by atoms with E-state index < -0.39 is 0 Å². The van der Waals surface area contributed by atoms with E-state index >= 15 is 0 Å².